The molecule has 1 aliphatic rings. The first kappa shape index (κ1) is 12.3. The quantitative estimate of drug-likeness (QED) is 0.773. The second kappa shape index (κ2) is 5.44. The van der Waals surface area contributed by atoms with Gasteiger partial charge in [-0.05, 0) is 19.1 Å². The third-order valence-corrected chi connectivity index (χ3v) is 2.76. The van der Waals surface area contributed by atoms with Gasteiger partial charge >= 0.3 is 0 Å². The van der Waals surface area contributed by atoms with Crippen molar-refractivity contribution >= 4 is 23.2 Å². The largest absolute Gasteiger partial charge is 0.378 e. The number of hydrogen-bond acceptors (Lipinski definition) is 4. The number of morpholine rings is 1. The lowest BCUT2D eigenvalue weighted by atomic mass is 10.2. The maximum Gasteiger partial charge on any atom is 0.243 e. The van der Waals surface area contributed by atoms with Crippen molar-refractivity contribution in [2.45, 2.75) is 13.0 Å². The molecule has 6 heteroatoms. The lowest BCUT2D eigenvalue weighted by Gasteiger charge is -2.23. The molecule has 1 atom stereocenters. The summed E-state index contributed by atoms with van der Waals surface area (Å²) in [5.74, 6) is -0.114. The van der Waals surface area contributed by atoms with Gasteiger partial charge in [-0.3, -0.25) is 4.79 Å². The van der Waals surface area contributed by atoms with Crippen LogP contribution in [0.4, 0.5) is 5.69 Å². The molecule has 1 saturated heterocycles. The molecule has 1 unspecified atom stereocenters. The molecular formula is C11H14ClN3O2. The van der Waals surface area contributed by atoms with Crippen LogP contribution in [0.3, 0.4) is 0 Å². The van der Waals surface area contributed by atoms with Crippen LogP contribution in [0.1, 0.15) is 5.69 Å². The Labute approximate surface area is 105 Å². The fourth-order valence-electron chi connectivity index (χ4n) is 1.62. The predicted molar refractivity (Wildman–Crippen MR) is 65.2 cm³/mol. The van der Waals surface area contributed by atoms with Gasteiger partial charge in [0.25, 0.3) is 0 Å². The number of aryl methyl sites for hydroxylation is 1. The standard InChI is InChI=1S/C11H14ClN3O2/c1-7-8(2-3-10(12)14-7)15-11(16)9-6-17-5-4-13-9/h2-3,9,13H,4-6H2,1H3,(H,15,16). The number of rotatable bonds is 2. The number of nitrogens with one attached hydrogen (secondary N) is 2. The Hall–Kier alpha value is -1.17. The second-order valence-corrected chi connectivity index (χ2v) is 4.23. The van der Waals surface area contributed by atoms with E-state index in [-0.39, 0.29) is 11.9 Å². The van der Waals surface area contributed by atoms with Crippen molar-refractivity contribution in [1.29, 1.82) is 0 Å². The first-order chi connectivity index (χ1) is 8.16. The van der Waals surface area contributed by atoms with Crippen LogP contribution >= 0.6 is 11.6 Å². The van der Waals surface area contributed by atoms with Crippen LogP contribution in [0.25, 0.3) is 0 Å². The zero-order valence-electron chi connectivity index (χ0n) is 9.50. The average Bonchev–Trinajstić information content (AvgIpc) is 2.34. The zero-order valence-corrected chi connectivity index (χ0v) is 10.3. The summed E-state index contributed by atoms with van der Waals surface area (Å²) >= 11 is 5.75. The summed E-state index contributed by atoms with van der Waals surface area (Å²) in [6.07, 6.45) is 0. The summed E-state index contributed by atoms with van der Waals surface area (Å²) in [6, 6.07) is 3.08. The highest BCUT2D eigenvalue weighted by Gasteiger charge is 2.21. The molecule has 0 spiro atoms. The predicted octanol–water partition coefficient (Wildman–Crippen LogP) is 0.970. The number of carbonyl (C=O) groups is 1. The Morgan fingerprint density at radius 3 is 3.12 bits per heavy atom. The number of anilines is 1. The summed E-state index contributed by atoms with van der Waals surface area (Å²) in [5.41, 5.74) is 1.37. The van der Waals surface area contributed by atoms with Gasteiger partial charge in [0.15, 0.2) is 0 Å². The van der Waals surface area contributed by atoms with Crippen LogP contribution in [0.2, 0.25) is 5.15 Å². The molecule has 0 aromatic carbocycles. The van der Waals surface area contributed by atoms with E-state index in [9.17, 15) is 4.79 Å². The van der Waals surface area contributed by atoms with Crippen molar-refractivity contribution in [2.24, 2.45) is 0 Å². The van der Waals surface area contributed by atoms with E-state index >= 15 is 0 Å². The minimum atomic E-state index is -0.307. The minimum absolute atomic E-state index is 0.114. The van der Waals surface area contributed by atoms with Crippen molar-refractivity contribution in [3.8, 4) is 0 Å². The summed E-state index contributed by atoms with van der Waals surface area (Å²) < 4.78 is 5.23. The molecule has 2 rings (SSSR count). The minimum Gasteiger partial charge on any atom is -0.378 e. The number of halogens is 1. The van der Waals surface area contributed by atoms with Crippen molar-refractivity contribution in [3.05, 3.63) is 23.0 Å². The maximum absolute atomic E-state index is 11.9. The number of hydrogen-bond donors (Lipinski definition) is 2. The Kier molecular flexibility index (Phi) is 3.93. The van der Waals surface area contributed by atoms with E-state index in [0.717, 1.165) is 0 Å². The van der Waals surface area contributed by atoms with Crippen molar-refractivity contribution in [1.82, 2.24) is 10.3 Å². The van der Waals surface area contributed by atoms with E-state index in [1.807, 2.05) is 0 Å². The van der Waals surface area contributed by atoms with Gasteiger partial charge in [-0.2, -0.15) is 0 Å². The van der Waals surface area contributed by atoms with Crippen LogP contribution in [-0.2, 0) is 9.53 Å². The van der Waals surface area contributed by atoms with E-state index in [2.05, 4.69) is 15.6 Å². The third kappa shape index (κ3) is 3.15. The molecule has 1 fully saturated rings. The highest BCUT2D eigenvalue weighted by molar-refractivity contribution is 6.29. The van der Waals surface area contributed by atoms with Gasteiger partial charge in [-0.1, -0.05) is 11.6 Å². The van der Waals surface area contributed by atoms with E-state index < -0.39 is 0 Å². The molecular weight excluding hydrogens is 242 g/mol. The van der Waals surface area contributed by atoms with Gasteiger partial charge in [0.05, 0.1) is 24.6 Å². The second-order valence-electron chi connectivity index (χ2n) is 3.84. The zero-order chi connectivity index (χ0) is 12.3. The van der Waals surface area contributed by atoms with Crippen LogP contribution in [0.5, 0.6) is 0 Å². The van der Waals surface area contributed by atoms with Gasteiger partial charge < -0.3 is 15.4 Å². The molecule has 5 nitrogen and oxygen atoms in total. The highest BCUT2D eigenvalue weighted by Crippen LogP contribution is 2.16. The fourth-order valence-corrected chi connectivity index (χ4v) is 1.81. The third-order valence-electron chi connectivity index (χ3n) is 2.55. The molecule has 17 heavy (non-hydrogen) atoms. The van der Waals surface area contributed by atoms with E-state index in [1.54, 1.807) is 19.1 Å². The van der Waals surface area contributed by atoms with Crippen LogP contribution in [0, 0.1) is 6.92 Å². The Balaban J connectivity index is 2.02. The summed E-state index contributed by atoms with van der Waals surface area (Å²) in [4.78, 5) is 16.0. The van der Waals surface area contributed by atoms with E-state index in [1.165, 1.54) is 0 Å². The Bertz CT molecular complexity index is 419. The number of ether oxygens (including phenoxy) is 1. The number of amides is 1. The molecule has 1 aromatic heterocycles. The molecule has 0 aliphatic carbocycles. The van der Waals surface area contributed by atoms with Crippen molar-refractivity contribution in [2.75, 3.05) is 25.1 Å². The van der Waals surface area contributed by atoms with Gasteiger partial charge in [0.2, 0.25) is 5.91 Å². The van der Waals surface area contributed by atoms with E-state index in [4.69, 9.17) is 16.3 Å². The normalized spacial score (nSPS) is 20.0. The van der Waals surface area contributed by atoms with Gasteiger partial charge in [0, 0.05) is 6.54 Å². The molecule has 2 N–H and O–H groups in total. The van der Waals surface area contributed by atoms with E-state index in [0.29, 0.717) is 36.3 Å². The maximum atomic E-state index is 11.9. The molecule has 2 heterocycles. The monoisotopic (exact) mass is 255 g/mol. The Morgan fingerprint density at radius 1 is 1.65 bits per heavy atom. The summed E-state index contributed by atoms with van der Waals surface area (Å²) in [5, 5.41) is 6.31. The molecule has 1 aromatic rings. The number of carbonyl (C=O) groups excluding carboxylic acids is 1. The van der Waals surface area contributed by atoms with Gasteiger partial charge in [0.1, 0.15) is 11.2 Å². The van der Waals surface area contributed by atoms with Gasteiger partial charge in [-0.25, -0.2) is 4.98 Å². The first-order valence-corrected chi connectivity index (χ1v) is 5.80. The van der Waals surface area contributed by atoms with Crippen LogP contribution < -0.4 is 10.6 Å². The van der Waals surface area contributed by atoms with Gasteiger partial charge in [-0.15, -0.1) is 0 Å². The SMILES string of the molecule is Cc1nc(Cl)ccc1NC(=O)C1COCCN1. The van der Waals surface area contributed by atoms with Crippen LogP contribution in [0.15, 0.2) is 12.1 Å². The number of aromatic nitrogens is 1. The summed E-state index contributed by atoms with van der Waals surface area (Å²) in [6.45, 7) is 3.53. The molecule has 1 amide bonds. The first-order valence-electron chi connectivity index (χ1n) is 5.42. The molecule has 1 aliphatic heterocycles. The molecule has 0 bridgehead atoms. The molecule has 0 saturated carbocycles. The highest BCUT2D eigenvalue weighted by atomic mass is 35.5. The lowest BCUT2D eigenvalue weighted by Crippen LogP contribution is -2.48. The lowest BCUT2D eigenvalue weighted by molar-refractivity contribution is -0.120. The topological polar surface area (TPSA) is 63.2 Å². The number of nitrogens with zero attached hydrogens (tertiary/aromatic N) is 1. The molecule has 0 radical (unpaired) electrons. The Morgan fingerprint density at radius 2 is 2.47 bits per heavy atom. The number of pyridine rings is 1. The summed E-state index contributed by atoms with van der Waals surface area (Å²) in [7, 11) is 0. The van der Waals surface area contributed by atoms with Crippen LogP contribution in [-0.4, -0.2) is 36.7 Å². The fraction of sp³-hybridized carbons (Fsp3) is 0.455. The van der Waals surface area contributed by atoms with Crippen molar-refractivity contribution < 1.29 is 9.53 Å². The molecule has 92 valence electrons. The average molecular weight is 256 g/mol. The van der Waals surface area contributed by atoms with Crippen molar-refractivity contribution in [3.63, 3.8) is 0 Å². The smallest absolute Gasteiger partial charge is 0.243 e.